The fourth-order valence-electron chi connectivity index (χ4n) is 9.88. The molecule has 4 saturated carbocycles. The lowest BCUT2D eigenvalue weighted by atomic mass is 9.45. The molecule has 2 unspecified atom stereocenters. The summed E-state index contributed by atoms with van der Waals surface area (Å²) in [4.78, 5) is 2.04. The highest BCUT2D eigenvalue weighted by molar-refractivity contribution is 5.75. The van der Waals surface area contributed by atoms with Crippen LogP contribution in [0.1, 0.15) is 83.6 Å². The van der Waals surface area contributed by atoms with Gasteiger partial charge in [-0.05, 0) is 129 Å². The highest BCUT2D eigenvalue weighted by atomic mass is 16.6. The van der Waals surface area contributed by atoms with Crippen LogP contribution in [0.5, 0.6) is 5.75 Å². The Morgan fingerprint density at radius 3 is 2.60 bits per heavy atom. The van der Waals surface area contributed by atoms with Crippen molar-refractivity contribution in [2.45, 2.75) is 96.6 Å². The number of fused-ring (bicyclic) bond motifs is 6. The van der Waals surface area contributed by atoms with Gasteiger partial charge in [0.2, 0.25) is 6.29 Å². The molecule has 4 fully saturated rings. The maximum atomic E-state index is 10.3. The van der Waals surface area contributed by atoms with Crippen molar-refractivity contribution in [1.82, 2.24) is 5.32 Å². The van der Waals surface area contributed by atoms with E-state index in [-0.39, 0.29) is 6.10 Å². The molecule has 0 radical (unpaired) electrons. The number of hydrogen-bond donors (Lipinski definition) is 3. The van der Waals surface area contributed by atoms with Crippen LogP contribution in [0.15, 0.2) is 24.3 Å². The summed E-state index contributed by atoms with van der Waals surface area (Å²) in [7, 11) is 4.02. The van der Waals surface area contributed by atoms with E-state index < -0.39 is 6.29 Å². The van der Waals surface area contributed by atoms with Crippen molar-refractivity contribution in [2.75, 3.05) is 38.7 Å². The van der Waals surface area contributed by atoms with Crippen LogP contribution in [0.25, 0.3) is 5.57 Å². The smallest absolute Gasteiger partial charge is 0.217 e. The first-order valence-electron chi connectivity index (χ1n) is 16.1. The molecule has 0 saturated heterocycles. The minimum Gasteiger partial charge on any atom is -0.461 e. The molecule has 4 aliphatic carbocycles. The van der Waals surface area contributed by atoms with Crippen LogP contribution in [0.4, 0.5) is 5.69 Å². The van der Waals surface area contributed by atoms with E-state index in [0.717, 1.165) is 85.2 Å². The number of rotatable bonds is 8. The summed E-state index contributed by atoms with van der Waals surface area (Å²) >= 11 is 0. The molecule has 1 aliphatic heterocycles. The van der Waals surface area contributed by atoms with E-state index in [4.69, 9.17) is 9.47 Å². The predicted octanol–water partition coefficient (Wildman–Crippen LogP) is 5.62. The Kier molecular flexibility index (Phi) is 8.01. The van der Waals surface area contributed by atoms with Crippen molar-refractivity contribution in [1.29, 1.82) is 0 Å². The summed E-state index contributed by atoms with van der Waals surface area (Å²) in [6, 6.07) is 6.20. The lowest BCUT2D eigenvalue weighted by Gasteiger charge is -2.60. The Morgan fingerprint density at radius 1 is 0.975 bits per heavy atom. The summed E-state index contributed by atoms with van der Waals surface area (Å²) in [5, 5.41) is 24.1. The number of anilines is 1. The van der Waals surface area contributed by atoms with Crippen LogP contribution in [-0.2, 0) is 4.74 Å². The first-order chi connectivity index (χ1) is 19.2. The maximum Gasteiger partial charge on any atom is 0.217 e. The molecule has 40 heavy (non-hydrogen) atoms. The number of aliphatic hydroxyl groups is 2. The SMILES string of the molecule is CN(C)c1ccc2c(c1)OC(O)C=C2CCNCCO[C@H]1CC[C@H]2[C@@H]3CC[C@H]4CC(O)CC[C@]4(C)[C@H]3CC[C@]12C. The van der Waals surface area contributed by atoms with Gasteiger partial charge < -0.3 is 29.9 Å². The van der Waals surface area contributed by atoms with Crippen molar-refractivity contribution in [3.05, 3.63) is 29.8 Å². The number of nitrogens with one attached hydrogen (secondary N) is 1. The average molecular weight is 553 g/mol. The Bertz CT molecular complexity index is 1090. The minimum absolute atomic E-state index is 0.0616. The van der Waals surface area contributed by atoms with Crippen LogP contribution in [0.2, 0.25) is 0 Å². The Balaban J connectivity index is 0.982. The summed E-state index contributed by atoms with van der Waals surface area (Å²) in [5.74, 6) is 3.97. The summed E-state index contributed by atoms with van der Waals surface area (Å²) in [6.07, 6.45) is 13.2. The van der Waals surface area contributed by atoms with Crippen molar-refractivity contribution in [2.24, 2.45) is 34.5 Å². The van der Waals surface area contributed by atoms with Crippen molar-refractivity contribution in [3.63, 3.8) is 0 Å². The second-order valence-electron chi connectivity index (χ2n) is 14.3. The topological polar surface area (TPSA) is 74.2 Å². The van der Waals surface area contributed by atoms with Gasteiger partial charge >= 0.3 is 0 Å². The van der Waals surface area contributed by atoms with Gasteiger partial charge in [0.1, 0.15) is 5.75 Å². The fraction of sp³-hybridized carbons (Fsp3) is 0.765. The first-order valence-corrected chi connectivity index (χ1v) is 16.1. The molecule has 3 N–H and O–H groups in total. The average Bonchev–Trinajstić information content (AvgIpc) is 3.26. The van der Waals surface area contributed by atoms with Crippen LogP contribution in [-0.4, -0.2) is 62.5 Å². The molecule has 1 heterocycles. The van der Waals surface area contributed by atoms with E-state index in [0.29, 0.717) is 16.9 Å². The molecule has 0 bridgehead atoms. The summed E-state index contributed by atoms with van der Waals surface area (Å²) in [5.41, 5.74) is 4.02. The second kappa shape index (κ2) is 11.2. The van der Waals surface area contributed by atoms with E-state index >= 15 is 0 Å². The van der Waals surface area contributed by atoms with E-state index in [1.165, 1.54) is 44.9 Å². The van der Waals surface area contributed by atoms with Gasteiger partial charge in [-0.3, -0.25) is 0 Å². The maximum absolute atomic E-state index is 10.3. The zero-order chi connectivity index (χ0) is 28.1. The molecule has 5 aliphatic rings. The second-order valence-corrected chi connectivity index (χ2v) is 14.3. The molecular formula is C34H52N2O4. The van der Waals surface area contributed by atoms with Gasteiger partial charge in [0.15, 0.2) is 0 Å². The Labute approximate surface area is 241 Å². The van der Waals surface area contributed by atoms with E-state index in [2.05, 4.69) is 31.3 Å². The fourth-order valence-corrected chi connectivity index (χ4v) is 9.88. The van der Waals surface area contributed by atoms with E-state index in [1.54, 1.807) is 0 Å². The zero-order valence-corrected chi connectivity index (χ0v) is 25.2. The highest BCUT2D eigenvalue weighted by Gasteiger charge is 2.60. The van der Waals surface area contributed by atoms with Crippen LogP contribution < -0.4 is 15.0 Å². The monoisotopic (exact) mass is 552 g/mol. The third-order valence-electron chi connectivity index (χ3n) is 12.1. The van der Waals surface area contributed by atoms with Crippen molar-refractivity contribution >= 4 is 11.3 Å². The van der Waals surface area contributed by atoms with Gasteiger partial charge in [0.25, 0.3) is 0 Å². The van der Waals surface area contributed by atoms with Gasteiger partial charge in [0, 0.05) is 38.0 Å². The third kappa shape index (κ3) is 5.12. The predicted molar refractivity (Wildman–Crippen MR) is 160 cm³/mol. The molecule has 222 valence electrons. The molecule has 0 amide bonds. The minimum atomic E-state index is -0.892. The summed E-state index contributed by atoms with van der Waals surface area (Å²) < 4.78 is 12.3. The van der Waals surface area contributed by atoms with Crippen molar-refractivity contribution < 1.29 is 19.7 Å². The van der Waals surface area contributed by atoms with Crippen LogP contribution in [0.3, 0.4) is 0 Å². The number of benzene rings is 1. The normalized spacial score (nSPS) is 40.2. The molecule has 6 rings (SSSR count). The Morgan fingerprint density at radius 2 is 1.77 bits per heavy atom. The largest absolute Gasteiger partial charge is 0.461 e. The summed E-state index contributed by atoms with van der Waals surface area (Å²) in [6.45, 7) is 7.57. The Hall–Kier alpha value is -1.60. The molecule has 1 aromatic rings. The quantitative estimate of drug-likeness (QED) is 0.364. The van der Waals surface area contributed by atoms with Crippen LogP contribution >= 0.6 is 0 Å². The van der Waals surface area contributed by atoms with Gasteiger partial charge in [-0.1, -0.05) is 13.8 Å². The molecule has 1 aromatic carbocycles. The number of aliphatic hydroxyl groups excluding tert-OH is 2. The third-order valence-corrected chi connectivity index (χ3v) is 12.1. The molecule has 9 atom stereocenters. The number of nitrogens with zero attached hydrogens (tertiary/aromatic N) is 1. The molecule has 6 heteroatoms. The zero-order valence-electron chi connectivity index (χ0n) is 25.2. The first kappa shape index (κ1) is 28.5. The lowest BCUT2D eigenvalue weighted by molar-refractivity contribution is -0.140. The molecule has 0 aromatic heterocycles. The van der Waals surface area contributed by atoms with E-state index in [9.17, 15) is 10.2 Å². The van der Waals surface area contributed by atoms with Crippen LogP contribution in [0, 0.1) is 34.5 Å². The van der Waals surface area contributed by atoms with Gasteiger partial charge in [0.05, 0.1) is 18.8 Å². The molecule has 6 nitrogen and oxygen atoms in total. The van der Waals surface area contributed by atoms with E-state index in [1.807, 2.05) is 31.1 Å². The number of hydrogen-bond acceptors (Lipinski definition) is 6. The highest BCUT2D eigenvalue weighted by Crippen LogP contribution is 2.66. The van der Waals surface area contributed by atoms with Gasteiger partial charge in [-0.15, -0.1) is 0 Å². The number of ether oxygens (including phenoxy) is 2. The lowest BCUT2D eigenvalue weighted by Crippen LogP contribution is -2.54. The van der Waals surface area contributed by atoms with Gasteiger partial charge in [-0.25, -0.2) is 0 Å². The van der Waals surface area contributed by atoms with Crippen molar-refractivity contribution in [3.8, 4) is 5.75 Å². The standard InChI is InChI=1S/C34H52N2O4/c1-33-14-11-25(37)20-23(33)5-7-27-28-9-10-31(34(28,2)15-12-29(27)33)39-18-17-35-16-13-22-19-32(38)40-30-21-24(36(3)4)6-8-26(22)30/h6,8,19,21,23,25,27-29,31-32,35,37-38H,5,7,9-18,20H2,1-4H3/t23-,25?,27-,28-,29-,31-,32?,33-,34-/m0/s1. The van der Waals surface area contributed by atoms with Gasteiger partial charge in [-0.2, -0.15) is 0 Å². The molecular weight excluding hydrogens is 500 g/mol. The molecule has 0 spiro atoms.